The predicted molar refractivity (Wildman–Crippen MR) is 122 cm³/mol. The zero-order valence-corrected chi connectivity index (χ0v) is 17.2. The Kier molecular flexibility index (Phi) is 5.67. The van der Waals surface area contributed by atoms with E-state index < -0.39 is 4.92 Å². The Balaban J connectivity index is 1.68. The summed E-state index contributed by atoms with van der Waals surface area (Å²) >= 11 is 1.47. The number of fused-ring (bicyclic) bond motifs is 1. The van der Waals surface area contributed by atoms with Gasteiger partial charge in [0, 0.05) is 17.7 Å². The third-order valence-corrected chi connectivity index (χ3v) is 5.41. The number of nitrogens with zero attached hydrogens (tertiary/aromatic N) is 4. The lowest BCUT2D eigenvalue weighted by atomic mass is 10.2. The smallest absolute Gasteiger partial charge is 0.270 e. The minimum absolute atomic E-state index is 0.117. The summed E-state index contributed by atoms with van der Waals surface area (Å²) in [6.45, 7) is 2.00. The number of nitrogens with one attached hydrogen (secondary N) is 1. The van der Waals surface area contributed by atoms with E-state index in [2.05, 4.69) is 20.5 Å². The SMILES string of the molecule is Cc1ccc(N=C(NN=Cc2cc([N+](=O)[O-])ccc2O)c2nc3ccccc3s2)cc1. The lowest BCUT2D eigenvalue weighted by molar-refractivity contribution is -0.384. The maximum atomic E-state index is 11.0. The third kappa shape index (κ3) is 4.73. The standard InChI is InChI=1S/C22H17N5O3S/c1-14-6-8-16(9-7-14)24-21(22-25-18-4-2-3-5-20(18)31-22)26-23-13-15-12-17(27(29)30)10-11-19(15)28/h2-13,28H,1H3,(H,24,26). The largest absolute Gasteiger partial charge is 0.507 e. The van der Waals surface area contributed by atoms with Crippen LogP contribution in [0.1, 0.15) is 16.1 Å². The summed E-state index contributed by atoms with van der Waals surface area (Å²) in [6.07, 6.45) is 1.31. The van der Waals surface area contributed by atoms with Gasteiger partial charge < -0.3 is 5.11 Å². The number of hydrogen-bond acceptors (Lipinski definition) is 7. The number of thiazole rings is 1. The number of nitro groups is 1. The number of aromatic hydroxyl groups is 1. The van der Waals surface area contributed by atoms with Crippen LogP contribution >= 0.6 is 11.3 Å². The van der Waals surface area contributed by atoms with Crippen molar-refractivity contribution in [3.63, 3.8) is 0 Å². The van der Waals surface area contributed by atoms with Gasteiger partial charge in [0.2, 0.25) is 0 Å². The van der Waals surface area contributed by atoms with Crippen molar-refractivity contribution in [2.24, 2.45) is 10.1 Å². The van der Waals surface area contributed by atoms with E-state index in [9.17, 15) is 15.2 Å². The Labute approximate surface area is 181 Å². The van der Waals surface area contributed by atoms with Gasteiger partial charge in [-0.3, -0.25) is 15.5 Å². The number of hydrogen-bond donors (Lipinski definition) is 2. The molecular formula is C22H17N5O3S. The molecule has 0 bridgehead atoms. The number of phenols is 1. The fourth-order valence-electron chi connectivity index (χ4n) is 2.76. The average molecular weight is 431 g/mol. The second-order valence-electron chi connectivity index (χ2n) is 6.65. The van der Waals surface area contributed by atoms with Crippen LogP contribution in [0.4, 0.5) is 11.4 Å². The first-order valence-electron chi connectivity index (χ1n) is 9.27. The molecule has 0 spiro atoms. The molecule has 0 saturated carbocycles. The van der Waals surface area contributed by atoms with Gasteiger partial charge in [-0.2, -0.15) is 5.10 Å². The maximum absolute atomic E-state index is 11.0. The summed E-state index contributed by atoms with van der Waals surface area (Å²) in [5.41, 5.74) is 5.63. The summed E-state index contributed by atoms with van der Waals surface area (Å²) in [5.74, 6) is 0.305. The number of nitro benzene ring substituents is 1. The molecule has 0 aliphatic carbocycles. The van der Waals surface area contributed by atoms with Gasteiger partial charge in [0.1, 0.15) is 5.75 Å². The maximum Gasteiger partial charge on any atom is 0.270 e. The van der Waals surface area contributed by atoms with Gasteiger partial charge in [-0.25, -0.2) is 9.98 Å². The van der Waals surface area contributed by atoms with Crippen molar-refractivity contribution in [3.8, 4) is 5.75 Å². The molecule has 154 valence electrons. The first-order valence-corrected chi connectivity index (χ1v) is 10.1. The summed E-state index contributed by atoms with van der Waals surface area (Å²) in [7, 11) is 0. The molecule has 0 fully saturated rings. The number of aromatic nitrogens is 1. The van der Waals surface area contributed by atoms with Crippen LogP contribution < -0.4 is 5.43 Å². The quantitative estimate of drug-likeness (QED) is 0.201. The van der Waals surface area contributed by atoms with E-state index in [1.807, 2.05) is 55.5 Å². The Bertz CT molecular complexity index is 1280. The number of benzene rings is 3. The molecule has 0 unspecified atom stereocenters. The number of amidine groups is 1. The first kappa shape index (κ1) is 20.2. The van der Waals surface area contributed by atoms with Crippen molar-refractivity contribution < 1.29 is 10.0 Å². The van der Waals surface area contributed by atoms with Crippen LogP contribution in [-0.4, -0.2) is 27.1 Å². The van der Waals surface area contributed by atoms with Crippen LogP contribution in [0.5, 0.6) is 5.75 Å². The Morgan fingerprint density at radius 2 is 1.94 bits per heavy atom. The van der Waals surface area contributed by atoms with Gasteiger partial charge in [-0.05, 0) is 37.3 Å². The number of aryl methyl sites for hydroxylation is 1. The molecule has 2 N–H and O–H groups in total. The first-order chi connectivity index (χ1) is 15.0. The minimum Gasteiger partial charge on any atom is -0.507 e. The van der Waals surface area contributed by atoms with Crippen LogP contribution in [0.15, 0.2) is 76.8 Å². The summed E-state index contributed by atoms with van der Waals surface area (Å²) < 4.78 is 1.01. The lowest BCUT2D eigenvalue weighted by Crippen LogP contribution is -2.18. The molecule has 8 nitrogen and oxygen atoms in total. The van der Waals surface area contributed by atoms with Gasteiger partial charge in [0.25, 0.3) is 5.69 Å². The monoisotopic (exact) mass is 431 g/mol. The predicted octanol–water partition coefficient (Wildman–Crippen LogP) is 4.92. The normalized spacial score (nSPS) is 11.8. The van der Waals surface area contributed by atoms with Crippen molar-refractivity contribution in [1.29, 1.82) is 0 Å². The van der Waals surface area contributed by atoms with Gasteiger partial charge in [-0.15, -0.1) is 11.3 Å². The molecule has 1 heterocycles. The average Bonchev–Trinajstić information content (AvgIpc) is 3.20. The van der Waals surface area contributed by atoms with Crippen LogP contribution in [0, 0.1) is 17.0 Å². The van der Waals surface area contributed by atoms with Crippen molar-refractivity contribution >= 4 is 45.0 Å². The summed E-state index contributed by atoms with van der Waals surface area (Å²) in [5, 5.41) is 25.7. The second-order valence-corrected chi connectivity index (χ2v) is 7.68. The van der Waals surface area contributed by atoms with E-state index in [0.29, 0.717) is 10.8 Å². The Hall–Kier alpha value is -4.11. The van der Waals surface area contributed by atoms with Crippen LogP contribution in [0.2, 0.25) is 0 Å². The van der Waals surface area contributed by atoms with Crippen molar-refractivity contribution in [3.05, 3.63) is 93.0 Å². The van der Waals surface area contributed by atoms with Crippen molar-refractivity contribution in [2.45, 2.75) is 6.92 Å². The molecule has 4 rings (SSSR count). The summed E-state index contributed by atoms with van der Waals surface area (Å²) in [6, 6.07) is 19.2. The van der Waals surface area contributed by atoms with Crippen molar-refractivity contribution in [2.75, 3.05) is 0 Å². The number of non-ortho nitro benzene ring substituents is 1. The van der Waals surface area contributed by atoms with E-state index in [0.717, 1.165) is 21.5 Å². The Morgan fingerprint density at radius 1 is 1.16 bits per heavy atom. The fourth-order valence-corrected chi connectivity index (χ4v) is 3.67. The Morgan fingerprint density at radius 3 is 2.68 bits per heavy atom. The van der Waals surface area contributed by atoms with Gasteiger partial charge in [0.05, 0.1) is 27.0 Å². The minimum atomic E-state index is -0.532. The zero-order valence-electron chi connectivity index (χ0n) is 16.4. The highest BCUT2D eigenvalue weighted by atomic mass is 32.1. The molecule has 1 aromatic heterocycles. The molecule has 4 aromatic rings. The van der Waals surface area contributed by atoms with E-state index >= 15 is 0 Å². The van der Waals surface area contributed by atoms with Gasteiger partial charge in [-0.1, -0.05) is 29.8 Å². The van der Waals surface area contributed by atoms with Gasteiger partial charge >= 0.3 is 0 Å². The molecule has 0 atom stereocenters. The van der Waals surface area contributed by atoms with Crippen LogP contribution in [0.3, 0.4) is 0 Å². The number of rotatable bonds is 5. The number of aliphatic imine (C=N–C) groups is 1. The van der Waals surface area contributed by atoms with Crippen LogP contribution in [0.25, 0.3) is 10.2 Å². The third-order valence-electron chi connectivity index (χ3n) is 4.37. The molecule has 0 radical (unpaired) electrons. The lowest BCUT2D eigenvalue weighted by Gasteiger charge is -2.04. The molecule has 0 amide bonds. The topological polar surface area (TPSA) is 113 Å². The molecule has 31 heavy (non-hydrogen) atoms. The van der Waals surface area contributed by atoms with E-state index in [1.165, 1.54) is 35.8 Å². The highest BCUT2D eigenvalue weighted by Crippen LogP contribution is 2.24. The fraction of sp³-hybridized carbons (Fsp3) is 0.0455. The van der Waals surface area contributed by atoms with E-state index in [1.54, 1.807) is 0 Å². The zero-order chi connectivity index (χ0) is 21.8. The molecule has 0 aliphatic rings. The van der Waals surface area contributed by atoms with Gasteiger partial charge in [0.15, 0.2) is 10.8 Å². The van der Waals surface area contributed by atoms with E-state index in [4.69, 9.17) is 0 Å². The summed E-state index contributed by atoms with van der Waals surface area (Å²) in [4.78, 5) is 19.7. The molecule has 0 aliphatic heterocycles. The van der Waals surface area contributed by atoms with Crippen molar-refractivity contribution in [1.82, 2.24) is 10.4 Å². The highest BCUT2D eigenvalue weighted by molar-refractivity contribution is 7.20. The number of phenolic OH excluding ortho intramolecular Hbond substituents is 1. The van der Waals surface area contributed by atoms with Crippen LogP contribution in [-0.2, 0) is 0 Å². The second kappa shape index (κ2) is 8.72. The number of para-hydroxylation sites is 1. The number of hydrazone groups is 1. The molecular weight excluding hydrogens is 414 g/mol. The molecule has 3 aromatic carbocycles. The molecule has 9 heteroatoms. The highest BCUT2D eigenvalue weighted by Gasteiger charge is 2.12. The molecule has 0 saturated heterocycles. The van der Waals surface area contributed by atoms with E-state index in [-0.39, 0.29) is 17.0 Å².